The van der Waals surface area contributed by atoms with Gasteiger partial charge in [0.05, 0.1) is 17.8 Å². The number of rotatable bonds is 3. The van der Waals surface area contributed by atoms with E-state index >= 15 is 0 Å². The minimum atomic E-state index is 0.239. The van der Waals surface area contributed by atoms with E-state index in [-0.39, 0.29) is 5.91 Å². The maximum absolute atomic E-state index is 12.8. The summed E-state index contributed by atoms with van der Waals surface area (Å²) in [5.41, 5.74) is 6.03. The zero-order valence-corrected chi connectivity index (χ0v) is 14.9. The van der Waals surface area contributed by atoms with Crippen LogP contribution in [0.25, 0.3) is 0 Å². The van der Waals surface area contributed by atoms with Crippen molar-refractivity contribution in [1.29, 1.82) is 0 Å². The molecule has 25 heavy (non-hydrogen) atoms. The molecular weight excluding hydrogens is 310 g/mol. The van der Waals surface area contributed by atoms with Gasteiger partial charge in [0.25, 0.3) is 0 Å². The molecule has 2 aliphatic rings. The fraction of sp³-hybridized carbons (Fsp3) is 0.476. The predicted molar refractivity (Wildman–Crippen MR) is 97.5 cm³/mol. The molecule has 2 heterocycles. The zero-order valence-electron chi connectivity index (χ0n) is 14.9. The SMILES string of the molecule is Cc1cncc([C@H]2CCCN(C(=O)Cc3ccc4c(c3)CCC4)C2)n1. The van der Waals surface area contributed by atoms with Gasteiger partial charge < -0.3 is 4.90 Å². The van der Waals surface area contributed by atoms with Crippen molar-refractivity contribution in [1.82, 2.24) is 14.9 Å². The number of carbonyl (C=O) groups is 1. The zero-order chi connectivity index (χ0) is 17.2. The number of amides is 1. The molecule has 0 unspecified atom stereocenters. The number of likely N-dealkylation sites (tertiary alicyclic amines) is 1. The molecule has 1 saturated heterocycles. The molecule has 0 radical (unpaired) electrons. The minimum absolute atomic E-state index is 0.239. The van der Waals surface area contributed by atoms with E-state index in [0.717, 1.165) is 49.3 Å². The molecule has 0 N–H and O–H groups in total. The highest BCUT2D eigenvalue weighted by molar-refractivity contribution is 5.79. The van der Waals surface area contributed by atoms with Gasteiger partial charge in [-0.3, -0.25) is 14.8 Å². The van der Waals surface area contributed by atoms with E-state index in [4.69, 9.17) is 0 Å². The van der Waals surface area contributed by atoms with Crippen molar-refractivity contribution in [3.05, 3.63) is 58.7 Å². The topological polar surface area (TPSA) is 46.1 Å². The van der Waals surface area contributed by atoms with Gasteiger partial charge >= 0.3 is 0 Å². The Labute approximate surface area is 149 Å². The summed E-state index contributed by atoms with van der Waals surface area (Å²) in [6, 6.07) is 6.59. The molecule has 4 nitrogen and oxygen atoms in total. The summed E-state index contributed by atoms with van der Waals surface area (Å²) < 4.78 is 0. The molecule has 130 valence electrons. The van der Waals surface area contributed by atoms with Crippen LogP contribution >= 0.6 is 0 Å². The predicted octanol–water partition coefficient (Wildman–Crippen LogP) is 3.22. The summed E-state index contributed by atoms with van der Waals surface area (Å²) in [4.78, 5) is 23.7. The van der Waals surface area contributed by atoms with Crippen molar-refractivity contribution in [3.8, 4) is 0 Å². The molecule has 0 bridgehead atoms. The molecule has 1 amide bonds. The molecule has 4 rings (SSSR count). The lowest BCUT2D eigenvalue weighted by Gasteiger charge is -2.32. The Morgan fingerprint density at radius 3 is 2.96 bits per heavy atom. The third-order valence-corrected chi connectivity index (χ3v) is 5.48. The summed E-state index contributed by atoms with van der Waals surface area (Å²) in [6.45, 7) is 3.59. The maximum atomic E-state index is 12.8. The van der Waals surface area contributed by atoms with Gasteiger partial charge in [0, 0.05) is 31.4 Å². The average Bonchev–Trinajstić information content (AvgIpc) is 3.09. The van der Waals surface area contributed by atoms with Gasteiger partial charge in [0.1, 0.15) is 0 Å². The molecule has 1 aliphatic heterocycles. The lowest BCUT2D eigenvalue weighted by atomic mass is 9.94. The first-order chi connectivity index (χ1) is 12.2. The van der Waals surface area contributed by atoms with Gasteiger partial charge in [0.2, 0.25) is 5.91 Å². The first-order valence-electron chi connectivity index (χ1n) is 9.36. The van der Waals surface area contributed by atoms with Crippen molar-refractivity contribution < 1.29 is 4.79 Å². The Morgan fingerprint density at radius 1 is 1.20 bits per heavy atom. The number of carbonyl (C=O) groups excluding carboxylic acids is 1. The van der Waals surface area contributed by atoms with Gasteiger partial charge in [-0.15, -0.1) is 0 Å². The number of piperidine rings is 1. The van der Waals surface area contributed by atoms with Gasteiger partial charge in [-0.25, -0.2) is 0 Å². The molecule has 2 aromatic rings. The molecule has 1 fully saturated rings. The van der Waals surface area contributed by atoms with E-state index in [2.05, 4.69) is 28.2 Å². The third kappa shape index (κ3) is 3.58. The molecule has 1 aromatic heterocycles. The maximum Gasteiger partial charge on any atom is 0.227 e. The number of fused-ring (bicyclic) bond motifs is 1. The largest absolute Gasteiger partial charge is 0.342 e. The Balaban J connectivity index is 1.43. The number of nitrogens with zero attached hydrogens (tertiary/aromatic N) is 3. The summed E-state index contributed by atoms with van der Waals surface area (Å²) in [7, 11) is 0. The van der Waals surface area contributed by atoms with Crippen LogP contribution in [0.2, 0.25) is 0 Å². The van der Waals surface area contributed by atoms with E-state index in [9.17, 15) is 4.79 Å². The monoisotopic (exact) mass is 335 g/mol. The molecular formula is C21H25N3O. The Hall–Kier alpha value is -2.23. The molecule has 1 atom stereocenters. The van der Waals surface area contributed by atoms with Gasteiger partial charge in [-0.1, -0.05) is 18.2 Å². The Kier molecular flexibility index (Phi) is 4.51. The van der Waals surface area contributed by atoms with E-state index in [1.54, 1.807) is 6.20 Å². The third-order valence-electron chi connectivity index (χ3n) is 5.48. The molecule has 1 aromatic carbocycles. The lowest BCUT2D eigenvalue weighted by molar-refractivity contribution is -0.131. The van der Waals surface area contributed by atoms with Crippen LogP contribution in [-0.2, 0) is 24.1 Å². The fourth-order valence-electron chi connectivity index (χ4n) is 4.15. The van der Waals surface area contributed by atoms with E-state index in [0.29, 0.717) is 12.3 Å². The van der Waals surface area contributed by atoms with E-state index < -0.39 is 0 Å². The second-order valence-electron chi connectivity index (χ2n) is 7.40. The molecule has 0 saturated carbocycles. The fourth-order valence-corrected chi connectivity index (χ4v) is 4.15. The van der Waals surface area contributed by atoms with Crippen molar-refractivity contribution in [3.63, 3.8) is 0 Å². The Bertz CT molecular complexity index is 786. The van der Waals surface area contributed by atoms with Gasteiger partial charge in [-0.05, 0) is 55.7 Å². The highest BCUT2D eigenvalue weighted by Gasteiger charge is 2.26. The van der Waals surface area contributed by atoms with Crippen LogP contribution in [0.5, 0.6) is 0 Å². The number of benzene rings is 1. The molecule has 0 spiro atoms. The normalized spacial score (nSPS) is 19.7. The standard InChI is InChI=1S/C21H25N3O/c1-15-12-22-13-20(23-15)19-6-3-9-24(14-19)21(25)11-16-7-8-17-4-2-5-18(17)10-16/h7-8,10,12-13,19H,2-6,9,11,14H2,1H3/t19-/m0/s1. The first-order valence-corrected chi connectivity index (χ1v) is 9.36. The van der Waals surface area contributed by atoms with Gasteiger partial charge in [-0.2, -0.15) is 0 Å². The first kappa shape index (κ1) is 16.2. The van der Waals surface area contributed by atoms with Crippen LogP contribution in [0.4, 0.5) is 0 Å². The molecule has 1 aliphatic carbocycles. The second-order valence-corrected chi connectivity index (χ2v) is 7.40. The highest BCUT2D eigenvalue weighted by Crippen LogP contribution is 2.27. The number of hydrogen-bond acceptors (Lipinski definition) is 3. The summed E-state index contributed by atoms with van der Waals surface area (Å²) in [5.74, 6) is 0.549. The van der Waals surface area contributed by atoms with Crippen molar-refractivity contribution in [2.75, 3.05) is 13.1 Å². The number of aromatic nitrogens is 2. The van der Waals surface area contributed by atoms with Crippen LogP contribution in [0, 0.1) is 6.92 Å². The summed E-state index contributed by atoms with van der Waals surface area (Å²) in [6.07, 6.45) is 9.87. The quantitative estimate of drug-likeness (QED) is 0.865. The highest BCUT2D eigenvalue weighted by atomic mass is 16.2. The summed E-state index contributed by atoms with van der Waals surface area (Å²) in [5, 5.41) is 0. The van der Waals surface area contributed by atoms with Crippen molar-refractivity contribution in [2.45, 2.75) is 51.4 Å². The Morgan fingerprint density at radius 2 is 2.08 bits per heavy atom. The number of aryl methyl sites for hydroxylation is 3. The van der Waals surface area contributed by atoms with E-state index in [1.165, 1.54) is 24.0 Å². The van der Waals surface area contributed by atoms with Crippen LogP contribution in [-0.4, -0.2) is 33.9 Å². The second kappa shape index (κ2) is 6.95. The minimum Gasteiger partial charge on any atom is -0.342 e. The van der Waals surface area contributed by atoms with Crippen LogP contribution in [0.3, 0.4) is 0 Å². The van der Waals surface area contributed by atoms with Crippen LogP contribution in [0.15, 0.2) is 30.6 Å². The van der Waals surface area contributed by atoms with E-state index in [1.807, 2.05) is 18.0 Å². The smallest absolute Gasteiger partial charge is 0.227 e. The average molecular weight is 335 g/mol. The van der Waals surface area contributed by atoms with Crippen LogP contribution < -0.4 is 0 Å². The molecule has 4 heteroatoms. The summed E-state index contributed by atoms with van der Waals surface area (Å²) >= 11 is 0. The van der Waals surface area contributed by atoms with Crippen molar-refractivity contribution >= 4 is 5.91 Å². The number of hydrogen-bond donors (Lipinski definition) is 0. The van der Waals surface area contributed by atoms with Crippen LogP contribution in [0.1, 0.15) is 53.3 Å². The van der Waals surface area contributed by atoms with Crippen molar-refractivity contribution in [2.24, 2.45) is 0 Å². The lowest BCUT2D eigenvalue weighted by Crippen LogP contribution is -2.40. The van der Waals surface area contributed by atoms with Gasteiger partial charge in [0.15, 0.2) is 0 Å².